The quantitative estimate of drug-likeness (QED) is 0.906. The maximum atomic E-state index is 13.3. The first-order valence-corrected chi connectivity index (χ1v) is 6.61. The van der Waals surface area contributed by atoms with Crippen molar-refractivity contribution >= 4 is 15.9 Å². The zero-order chi connectivity index (χ0) is 13.1. The second-order valence-corrected chi connectivity index (χ2v) is 5.42. The van der Waals surface area contributed by atoms with E-state index in [0.717, 1.165) is 10.0 Å². The molecular formula is C15H15BrFN. The van der Waals surface area contributed by atoms with Crippen LogP contribution in [0.3, 0.4) is 0 Å². The number of hydrogen-bond acceptors (Lipinski definition) is 1. The van der Waals surface area contributed by atoms with E-state index in [9.17, 15) is 4.39 Å². The molecule has 0 aromatic heterocycles. The van der Waals surface area contributed by atoms with Crippen LogP contribution in [0, 0.1) is 12.7 Å². The Bertz CT molecular complexity index is 534. The molecule has 0 aliphatic carbocycles. The third-order valence-electron chi connectivity index (χ3n) is 2.85. The van der Waals surface area contributed by atoms with Crippen molar-refractivity contribution in [2.24, 2.45) is 5.73 Å². The summed E-state index contributed by atoms with van der Waals surface area (Å²) in [6, 6.07) is 12.8. The number of rotatable bonds is 3. The number of hydrogen-bond donors (Lipinski definition) is 1. The van der Waals surface area contributed by atoms with E-state index in [1.54, 1.807) is 0 Å². The largest absolute Gasteiger partial charge is 0.324 e. The summed E-state index contributed by atoms with van der Waals surface area (Å²) in [7, 11) is 0. The van der Waals surface area contributed by atoms with Crippen molar-refractivity contribution < 1.29 is 4.39 Å². The van der Waals surface area contributed by atoms with Gasteiger partial charge >= 0.3 is 0 Å². The van der Waals surface area contributed by atoms with Crippen LogP contribution in [0.5, 0.6) is 0 Å². The van der Waals surface area contributed by atoms with Gasteiger partial charge in [-0.3, -0.25) is 0 Å². The molecule has 0 saturated heterocycles. The van der Waals surface area contributed by atoms with Crippen molar-refractivity contribution in [1.29, 1.82) is 0 Å². The van der Waals surface area contributed by atoms with E-state index < -0.39 is 0 Å². The average molecular weight is 308 g/mol. The van der Waals surface area contributed by atoms with Crippen molar-refractivity contribution in [3.63, 3.8) is 0 Å². The highest BCUT2D eigenvalue weighted by molar-refractivity contribution is 9.10. The number of aryl methyl sites for hydroxylation is 1. The number of benzene rings is 2. The van der Waals surface area contributed by atoms with Crippen molar-refractivity contribution in [2.45, 2.75) is 19.4 Å². The van der Waals surface area contributed by atoms with Crippen LogP contribution in [-0.2, 0) is 6.42 Å². The molecule has 3 heteroatoms. The maximum absolute atomic E-state index is 13.3. The summed E-state index contributed by atoms with van der Waals surface area (Å²) in [5, 5.41) is 0. The molecule has 0 radical (unpaired) electrons. The molecule has 1 nitrogen and oxygen atoms in total. The molecule has 0 fully saturated rings. The van der Waals surface area contributed by atoms with Crippen LogP contribution >= 0.6 is 15.9 Å². The van der Waals surface area contributed by atoms with E-state index in [0.29, 0.717) is 6.42 Å². The van der Waals surface area contributed by atoms with E-state index in [4.69, 9.17) is 5.73 Å². The predicted octanol–water partition coefficient (Wildman–Crippen LogP) is 4.14. The molecule has 0 heterocycles. The third-order valence-corrected chi connectivity index (χ3v) is 3.31. The number of nitrogens with two attached hydrogens (primary N) is 1. The van der Waals surface area contributed by atoms with Crippen LogP contribution in [0.1, 0.15) is 22.7 Å². The van der Waals surface area contributed by atoms with Crippen molar-refractivity contribution in [2.75, 3.05) is 0 Å². The second kappa shape index (κ2) is 5.63. The zero-order valence-corrected chi connectivity index (χ0v) is 11.7. The lowest BCUT2D eigenvalue weighted by molar-refractivity contribution is 0.617. The molecule has 2 N–H and O–H groups in total. The standard InChI is InChI=1S/C15H15BrFN/c1-10-3-2-4-11(5-10)6-15(18)12-7-13(16)9-14(17)8-12/h2-5,7-9,15H,6,18H2,1H3. The van der Waals surface area contributed by atoms with Crippen LogP contribution in [0.25, 0.3) is 0 Å². The van der Waals surface area contributed by atoms with E-state index in [2.05, 4.69) is 22.0 Å². The van der Waals surface area contributed by atoms with Gasteiger partial charge < -0.3 is 5.73 Å². The SMILES string of the molecule is Cc1cccc(CC(N)c2cc(F)cc(Br)c2)c1. The summed E-state index contributed by atoms with van der Waals surface area (Å²) in [6.07, 6.45) is 0.706. The first-order chi connectivity index (χ1) is 8.54. The second-order valence-electron chi connectivity index (χ2n) is 4.50. The smallest absolute Gasteiger partial charge is 0.124 e. The third kappa shape index (κ3) is 3.40. The van der Waals surface area contributed by atoms with Crippen LogP contribution < -0.4 is 5.73 Å². The highest BCUT2D eigenvalue weighted by Gasteiger charge is 2.09. The van der Waals surface area contributed by atoms with Gasteiger partial charge in [0, 0.05) is 10.5 Å². The fourth-order valence-electron chi connectivity index (χ4n) is 2.00. The topological polar surface area (TPSA) is 26.0 Å². The van der Waals surface area contributed by atoms with Crippen molar-refractivity contribution in [3.8, 4) is 0 Å². The summed E-state index contributed by atoms with van der Waals surface area (Å²) >= 11 is 3.28. The van der Waals surface area contributed by atoms with Gasteiger partial charge in [0.2, 0.25) is 0 Å². The molecule has 0 amide bonds. The van der Waals surface area contributed by atoms with Crippen LogP contribution in [-0.4, -0.2) is 0 Å². The summed E-state index contributed by atoms with van der Waals surface area (Å²) < 4.78 is 14.0. The van der Waals surface area contributed by atoms with Gasteiger partial charge in [0.1, 0.15) is 5.82 Å². The van der Waals surface area contributed by atoms with Gasteiger partial charge in [0.05, 0.1) is 0 Å². The Kier molecular flexibility index (Phi) is 4.15. The number of halogens is 2. The van der Waals surface area contributed by atoms with Crippen LogP contribution in [0.15, 0.2) is 46.9 Å². The monoisotopic (exact) mass is 307 g/mol. The summed E-state index contributed by atoms with van der Waals surface area (Å²) in [5.41, 5.74) is 9.31. The molecular weight excluding hydrogens is 293 g/mol. The minimum absolute atomic E-state index is 0.196. The Hall–Kier alpha value is -1.19. The van der Waals surface area contributed by atoms with E-state index in [1.165, 1.54) is 23.3 Å². The zero-order valence-electron chi connectivity index (χ0n) is 10.2. The molecule has 0 spiro atoms. The van der Waals surface area contributed by atoms with Gasteiger partial charge in [-0.25, -0.2) is 4.39 Å². The predicted molar refractivity (Wildman–Crippen MR) is 75.9 cm³/mol. The Balaban J connectivity index is 2.19. The van der Waals surface area contributed by atoms with Crippen molar-refractivity contribution in [1.82, 2.24) is 0 Å². The summed E-state index contributed by atoms with van der Waals surface area (Å²) in [4.78, 5) is 0. The van der Waals surface area contributed by atoms with Crippen LogP contribution in [0.4, 0.5) is 4.39 Å². The first-order valence-electron chi connectivity index (χ1n) is 5.82. The molecule has 0 bridgehead atoms. The normalized spacial score (nSPS) is 12.4. The highest BCUT2D eigenvalue weighted by atomic mass is 79.9. The molecule has 18 heavy (non-hydrogen) atoms. The minimum Gasteiger partial charge on any atom is -0.324 e. The van der Waals surface area contributed by atoms with Gasteiger partial charge in [0.15, 0.2) is 0 Å². The molecule has 0 aliphatic heterocycles. The Morgan fingerprint density at radius 1 is 1.22 bits per heavy atom. The fourth-order valence-corrected chi connectivity index (χ4v) is 2.48. The molecule has 2 aromatic carbocycles. The van der Waals surface area contributed by atoms with Gasteiger partial charge in [-0.15, -0.1) is 0 Å². The lowest BCUT2D eigenvalue weighted by Gasteiger charge is -2.13. The Morgan fingerprint density at radius 3 is 2.67 bits per heavy atom. The Morgan fingerprint density at radius 2 is 2.00 bits per heavy atom. The molecule has 0 aliphatic rings. The van der Waals surface area contributed by atoms with Gasteiger partial charge in [-0.05, 0) is 42.7 Å². The van der Waals surface area contributed by atoms with Gasteiger partial charge in [-0.2, -0.15) is 0 Å². The van der Waals surface area contributed by atoms with Crippen molar-refractivity contribution in [3.05, 3.63) is 69.4 Å². The molecule has 2 rings (SSSR count). The molecule has 1 unspecified atom stereocenters. The minimum atomic E-state index is -0.265. The summed E-state index contributed by atoms with van der Waals surface area (Å²) in [5.74, 6) is -0.265. The molecule has 2 aromatic rings. The molecule has 0 saturated carbocycles. The van der Waals surface area contributed by atoms with E-state index in [-0.39, 0.29) is 11.9 Å². The maximum Gasteiger partial charge on any atom is 0.124 e. The Labute approximate surface area is 115 Å². The molecule has 94 valence electrons. The lowest BCUT2D eigenvalue weighted by Crippen LogP contribution is -2.13. The summed E-state index contributed by atoms with van der Waals surface area (Å²) in [6.45, 7) is 2.05. The van der Waals surface area contributed by atoms with Gasteiger partial charge in [0.25, 0.3) is 0 Å². The molecule has 1 atom stereocenters. The van der Waals surface area contributed by atoms with E-state index in [1.807, 2.05) is 31.2 Å². The highest BCUT2D eigenvalue weighted by Crippen LogP contribution is 2.22. The van der Waals surface area contributed by atoms with Crippen LogP contribution in [0.2, 0.25) is 0 Å². The first kappa shape index (κ1) is 13.2. The fraction of sp³-hybridized carbons (Fsp3) is 0.200. The lowest BCUT2D eigenvalue weighted by atomic mass is 9.99. The van der Waals surface area contributed by atoms with Gasteiger partial charge in [-0.1, -0.05) is 45.8 Å². The average Bonchev–Trinajstić information content (AvgIpc) is 2.27. The van der Waals surface area contributed by atoms with E-state index >= 15 is 0 Å².